The lowest BCUT2D eigenvalue weighted by Gasteiger charge is -2.13. The summed E-state index contributed by atoms with van der Waals surface area (Å²) in [6.45, 7) is 0. The molecule has 0 radical (unpaired) electrons. The zero-order valence-electron chi connectivity index (χ0n) is 36.8. The minimum Gasteiger partial charge on any atom is -0.456 e. The number of para-hydroxylation sites is 2. The van der Waals surface area contributed by atoms with Crippen molar-refractivity contribution in [3.63, 3.8) is 0 Å². The number of fused-ring (bicyclic) bond motifs is 6. The average Bonchev–Trinajstić information content (AvgIpc) is 3.96. The summed E-state index contributed by atoms with van der Waals surface area (Å²) in [5.41, 5.74) is 16.9. The highest BCUT2D eigenvalue weighted by Crippen LogP contribution is 2.39. The summed E-state index contributed by atoms with van der Waals surface area (Å²) >= 11 is 0. The molecule has 5 nitrogen and oxygen atoms in total. The van der Waals surface area contributed by atoms with E-state index in [1.165, 1.54) is 32.9 Å². The number of nitrogens with zero attached hydrogens (tertiary/aromatic N) is 4. The topological polar surface area (TPSA) is 56.7 Å². The van der Waals surface area contributed by atoms with Crippen LogP contribution in [0.5, 0.6) is 0 Å². The number of rotatable bonds is 8. The second-order valence-electron chi connectivity index (χ2n) is 17.2. The zero-order chi connectivity index (χ0) is 45.0. The number of furan rings is 1. The van der Waals surface area contributed by atoms with Crippen LogP contribution in [0.15, 0.2) is 247 Å². The van der Waals surface area contributed by atoms with E-state index in [-0.39, 0.29) is 0 Å². The molecule has 0 saturated heterocycles. The van der Waals surface area contributed by atoms with Crippen molar-refractivity contribution >= 4 is 43.7 Å². The molecule has 10 aromatic carbocycles. The summed E-state index contributed by atoms with van der Waals surface area (Å²) in [6.07, 6.45) is 0. The van der Waals surface area contributed by atoms with Crippen molar-refractivity contribution in [2.45, 2.75) is 0 Å². The monoisotopic (exact) mass is 868 g/mol. The first-order chi connectivity index (χ1) is 33.7. The van der Waals surface area contributed by atoms with Crippen LogP contribution in [0, 0.1) is 0 Å². The Morgan fingerprint density at radius 2 is 0.706 bits per heavy atom. The highest BCUT2D eigenvalue weighted by molar-refractivity contribution is 6.11. The van der Waals surface area contributed by atoms with Crippen LogP contribution in [-0.4, -0.2) is 19.5 Å². The van der Waals surface area contributed by atoms with Gasteiger partial charge in [-0.05, 0) is 123 Å². The highest BCUT2D eigenvalue weighted by atomic mass is 16.3. The second-order valence-corrected chi connectivity index (χ2v) is 17.2. The maximum atomic E-state index is 6.59. The quantitative estimate of drug-likeness (QED) is 0.153. The molecule has 0 bridgehead atoms. The van der Waals surface area contributed by atoms with E-state index in [0.29, 0.717) is 17.5 Å². The van der Waals surface area contributed by atoms with Crippen LogP contribution in [0.3, 0.4) is 0 Å². The molecule has 0 N–H and O–H groups in total. The van der Waals surface area contributed by atoms with Crippen LogP contribution >= 0.6 is 0 Å². The lowest BCUT2D eigenvalue weighted by Crippen LogP contribution is -2.00. The van der Waals surface area contributed by atoms with Gasteiger partial charge >= 0.3 is 0 Å². The third kappa shape index (κ3) is 7.02. The molecule has 0 fully saturated rings. The normalized spacial score (nSPS) is 11.5. The third-order valence-electron chi connectivity index (χ3n) is 13.0. The molecule has 5 heteroatoms. The van der Waals surface area contributed by atoms with Crippen LogP contribution in [-0.2, 0) is 0 Å². The summed E-state index contributed by atoms with van der Waals surface area (Å²) in [7, 11) is 0. The zero-order valence-corrected chi connectivity index (χ0v) is 36.8. The predicted molar refractivity (Wildman–Crippen MR) is 279 cm³/mol. The molecule has 0 spiro atoms. The Labute approximate surface area is 392 Å². The fraction of sp³-hybridized carbons (Fsp3) is 0. The van der Waals surface area contributed by atoms with Gasteiger partial charge in [0.2, 0.25) is 0 Å². The van der Waals surface area contributed by atoms with E-state index in [4.69, 9.17) is 19.4 Å². The Morgan fingerprint density at radius 1 is 0.250 bits per heavy atom. The van der Waals surface area contributed by atoms with E-state index in [2.05, 4.69) is 217 Å². The Hall–Kier alpha value is -9.19. The van der Waals surface area contributed by atoms with Crippen molar-refractivity contribution < 1.29 is 4.42 Å². The van der Waals surface area contributed by atoms with Gasteiger partial charge in [-0.3, -0.25) is 0 Å². The molecule has 3 aromatic heterocycles. The molecule has 0 aliphatic carbocycles. The predicted octanol–water partition coefficient (Wildman–Crippen LogP) is 16.5. The van der Waals surface area contributed by atoms with Crippen LogP contribution in [0.1, 0.15) is 0 Å². The fourth-order valence-corrected chi connectivity index (χ4v) is 9.68. The third-order valence-corrected chi connectivity index (χ3v) is 13.0. The van der Waals surface area contributed by atoms with E-state index in [1.54, 1.807) is 0 Å². The van der Waals surface area contributed by atoms with E-state index in [9.17, 15) is 0 Å². The molecule has 0 aliphatic rings. The maximum Gasteiger partial charge on any atom is 0.164 e. The number of hydrogen-bond donors (Lipinski definition) is 0. The summed E-state index contributed by atoms with van der Waals surface area (Å²) in [4.78, 5) is 15.4. The molecule has 318 valence electrons. The molecule has 0 atom stereocenters. The van der Waals surface area contributed by atoms with Gasteiger partial charge in [-0.25, -0.2) is 15.0 Å². The lowest BCUT2D eigenvalue weighted by molar-refractivity contribution is 0.669. The van der Waals surface area contributed by atoms with Gasteiger partial charge < -0.3 is 8.98 Å². The van der Waals surface area contributed by atoms with Gasteiger partial charge in [-0.15, -0.1) is 0 Å². The van der Waals surface area contributed by atoms with E-state index >= 15 is 0 Å². The average molecular weight is 869 g/mol. The molecule has 0 amide bonds. The Morgan fingerprint density at radius 3 is 1.38 bits per heavy atom. The van der Waals surface area contributed by atoms with Gasteiger partial charge in [0.25, 0.3) is 0 Å². The van der Waals surface area contributed by atoms with E-state index in [0.717, 1.165) is 77.7 Å². The number of benzene rings is 10. The van der Waals surface area contributed by atoms with E-state index < -0.39 is 0 Å². The van der Waals surface area contributed by atoms with Gasteiger partial charge in [-0.2, -0.15) is 0 Å². The summed E-state index contributed by atoms with van der Waals surface area (Å²) in [5.74, 6) is 1.77. The Kier molecular flexibility index (Phi) is 9.43. The van der Waals surface area contributed by atoms with Crippen molar-refractivity contribution in [1.82, 2.24) is 19.5 Å². The Bertz CT molecular complexity index is 3950. The van der Waals surface area contributed by atoms with Gasteiger partial charge in [0.1, 0.15) is 11.2 Å². The second kappa shape index (κ2) is 16.4. The van der Waals surface area contributed by atoms with Gasteiger partial charge in [-0.1, -0.05) is 164 Å². The van der Waals surface area contributed by atoms with Crippen LogP contribution in [0.25, 0.3) is 128 Å². The van der Waals surface area contributed by atoms with Crippen LogP contribution in [0.2, 0.25) is 0 Å². The first kappa shape index (κ1) is 39.2. The molecule has 3 heterocycles. The largest absolute Gasteiger partial charge is 0.456 e. The van der Waals surface area contributed by atoms with E-state index in [1.807, 2.05) is 30.3 Å². The molecule has 0 unspecified atom stereocenters. The first-order valence-electron chi connectivity index (χ1n) is 22.9. The van der Waals surface area contributed by atoms with Gasteiger partial charge in [0.05, 0.1) is 11.0 Å². The molecular weight excluding hydrogens is 829 g/mol. The standard InChI is InChI=1S/C63H40N4O/c1-5-16-41(17-6-1)49-35-50(42-18-7-2-8-19-42)37-51(36-49)44-22-15-23-47(34-44)62-64-61(43-20-9-3-10-21-43)65-63(66-62)48-28-31-54-56-39-46(30-33-59(56)68-60(54)40-48)45-29-32-58-55(38-45)53-26-13-14-27-57(53)67(58)52-24-11-4-12-25-52/h1-40H. The maximum absolute atomic E-state index is 6.59. The van der Waals surface area contributed by atoms with Crippen molar-refractivity contribution in [3.8, 4) is 84.4 Å². The van der Waals surface area contributed by atoms with Crippen molar-refractivity contribution in [2.75, 3.05) is 0 Å². The highest BCUT2D eigenvalue weighted by Gasteiger charge is 2.18. The van der Waals surface area contributed by atoms with Crippen molar-refractivity contribution in [3.05, 3.63) is 243 Å². The molecule has 13 aromatic rings. The molecule has 0 saturated carbocycles. The lowest BCUT2D eigenvalue weighted by atomic mass is 9.93. The number of aromatic nitrogens is 4. The summed E-state index contributed by atoms with van der Waals surface area (Å²) in [6, 6.07) is 85.3. The summed E-state index contributed by atoms with van der Waals surface area (Å²) < 4.78 is 8.94. The minimum atomic E-state index is 0.572. The van der Waals surface area contributed by atoms with Crippen LogP contribution in [0.4, 0.5) is 0 Å². The van der Waals surface area contributed by atoms with Gasteiger partial charge in [0, 0.05) is 43.9 Å². The molecule has 68 heavy (non-hydrogen) atoms. The first-order valence-corrected chi connectivity index (χ1v) is 22.9. The van der Waals surface area contributed by atoms with Crippen molar-refractivity contribution in [1.29, 1.82) is 0 Å². The number of hydrogen-bond acceptors (Lipinski definition) is 4. The molecule has 0 aliphatic heterocycles. The minimum absolute atomic E-state index is 0.572. The smallest absolute Gasteiger partial charge is 0.164 e. The van der Waals surface area contributed by atoms with Gasteiger partial charge in [0.15, 0.2) is 17.5 Å². The van der Waals surface area contributed by atoms with Crippen LogP contribution < -0.4 is 0 Å². The molecule has 13 rings (SSSR count). The SMILES string of the molecule is c1ccc(-c2cc(-c3ccccc3)cc(-c3cccc(-c4nc(-c5ccccc5)nc(-c5ccc6c(c5)oc5ccc(-c7ccc8c(c7)c7ccccc7n8-c7ccccc7)cc56)n4)c3)c2)cc1. The fourth-order valence-electron chi connectivity index (χ4n) is 9.68. The summed E-state index contributed by atoms with van der Waals surface area (Å²) in [5, 5.41) is 4.54. The molecular formula is C63H40N4O. The Balaban J connectivity index is 0.890. The van der Waals surface area contributed by atoms with Crippen molar-refractivity contribution in [2.24, 2.45) is 0 Å².